The van der Waals surface area contributed by atoms with E-state index in [1.807, 2.05) is 19.1 Å². The third kappa shape index (κ3) is 4.65. The van der Waals surface area contributed by atoms with Crippen molar-refractivity contribution in [2.45, 2.75) is 45.9 Å². The fourth-order valence-electron chi connectivity index (χ4n) is 2.48. The van der Waals surface area contributed by atoms with Gasteiger partial charge in [-0.15, -0.1) is 0 Å². The summed E-state index contributed by atoms with van der Waals surface area (Å²) in [5, 5.41) is 4.20. The van der Waals surface area contributed by atoms with Crippen molar-refractivity contribution in [3.05, 3.63) is 58.1 Å². The van der Waals surface area contributed by atoms with Gasteiger partial charge in [0.05, 0.1) is 6.61 Å². The van der Waals surface area contributed by atoms with Gasteiger partial charge in [0.15, 0.2) is 11.5 Å². The van der Waals surface area contributed by atoms with Gasteiger partial charge in [0, 0.05) is 23.7 Å². The molecular formula is C20H24ClNO2. The molecule has 1 saturated carbocycles. The monoisotopic (exact) mass is 345 g/mol. The first-order valence-corrected chi connectivity index (χ1v) is 8.90. The molecule has 0 aliphatic heterocycles. The molecule has 128 valence electrons. The van der Waals surface area contributed by atoms with Crippen LogP contribution in [0.1, 0.15) is 36.5 Å². The van der Waals surface area contributed by atoms with Crippen molar-refractivity contribution < 1.29 is 9.47 Å². The van der Waals surface area contributed by atoms with Crippen LogP contribution in [-0.2, 0) is 13.2 Å². The summed E-state index contributed by atoms with van der Waals surface area (Å²) in [6.07, 6.45) is 2.52. The first kappa shape index (κ1) is 17.1. The average Bonchev–Trinajstić information content (AvgIpc) is 3.39. The van der Waals surface area contributed by atoms with Crippen LogP contribution in [0.2, 0.25) is 5.02 Å². The van der Waals surface area contributed by atoms with Crippen molar-refractivity contribution in [1.82, 2.24) is 5.32 Å². The van der Waals surface area contributed by atoms with Crippen molar-refractivity contribution >= 4 is 11.6 Å². The van der Waals surface area contributed by atoms with Gasteiger partial charge >= 0.3 is 0 Å². The van der Waals surface area contributed by atoms with E-state index >= 15 is 0 Å². The molecular weight excluding hydrogens is 322 g/mol. The molecule has 3 rings (SSSR count). The summed E-state index contributed by atoms with van der Waals surface area (Å²) >= 11 is 6.43. The Morgan fingerprint density at radius 2 is 1.79 bits per heavy atom. The molecule has 2 aromatic carbocycles. The minimum Gasteiger partial charge on any atom is -0.490 e. The van der Waals surface area contributed by atoms with Gasteiger partial charge in [-0.3, -0.25) is 0 Å². The zero-order valence-corrected chi connectivity index (χ0v) is 15.0. The van der Waals surface area contributed by atoms with Crippen LogP contribution in [0.4, 0.5) is 0 Å². The Kier molecular flexibility index (Phi) is 5.64. The molecule has 3 nitrogen and oxygen atoms in total. The van der Waals surface area contributed by atoms with Crippen LogP contribution in [-0.4, -0.2) is 12.6 Å². The summed E-state index contributed by atoms with van der Waals surface area (Å²) < 4.78 is 11.7. The molecule has 24 heavy (non-hydrogen) atoms. The second-order valence-corrected chi connectivity index (χ2v) is 6.66. The van der Waals surface area contributed by atoms with E-state index in [1.165, 1.54) is 18.4 Å². The third-order valence-corrected chi connectivity index (χ3v) is 4.44. The van der Waals surface area contributed by atoms with Gasteiger partial charge in [0.25, 0.3) is 0 Å². The number of nitrogens with one attached hydrogen (secondary N) is 1. The van der Waals surface area contributed by atoms with Gasteiger partial charge in [-0.1, -0.05) is 41.4 Å². The standard InChI is InChI=1S/C20H24ClNO2/c1-3-23-19-10-16(12-22-17-8-9-17)18(21)11-20(19)24-13-15-6-4-14(2)5-7-15/h4-7,10-11,17,22H,3,8-9,12-13H2,1-2H3. The normalized spacial score (nSPS) is 13.8. The van der Waals surface area contributed by atoms with Gasteiger partial charge in [-0.05, 0) is 43.9 Å². The molecule has 0 atom stereocenters. The number of aryl methyl sites for hydroxylation is 1. The molecule has 0 unspecified atom stereocenters. The first-order chi connectivity index (χ1) is 11.7. The predicted molar refractivity (Wildman–Crippen MR) is 98.0 cm³/mol. The lowest BCUT2D eigenvalue weighted by Crippen LogP contribution is -2.15. The highest BCUT2D eigenvalue weighted by Crippen LogP contribution is 2.34. The van der Waals surface area contributed by atoms with Crippen LogP contribution in [0.25, 0.3) is 0 Å². The molecule has 1 N–H and O–H groups in total. The molecule has 0 radical (unpaired) electrons. The van der Waals surface area contributed by atoms with Crippen molar-refractivity contribution in [2.75, 3.05) is 6.61 Å². The number of rotatable bonds is 8. The fraction of sp³-hybridized carbons (Fsp3) is 0.400. The highest BCUT2D eigenvalue weighted by atomic mass is 35.5. The smallest absolute Gasteiger partial charge is 0.163 e. The zero-order valence-electron chi connectivity index (χ0n) is 14.3. The summed E-state index contributed by atoms with van der Waals surface area (Å²) in [5.74, 6) is 1.44. The summed E-state index contributed by atoms with van der Waals surface area (Å²) in [6, 6.07) is 12.8. The molecule has 0 saturated heterocycles. The van der Waals surface area contributed by atoms with Crippen molar-refractivity contribution in [1.29, 1.82) is 0 Å². The highest BCUT2D eigenvalue weighted by molar-refractivity contribution is 6.31. The van der Waals surface area contributed by atoms with Gasteiger partial charge in [-0.25, -0.2) is 0 Å². The number of benzene rings is 2. The van der Waals surface area contributed by atoms with Crippen molar-refractivity contribution in [3.8, 4) is 11.5 Å². The van der Waals surface area contributed by atoms with Crippen LogP contribution in [0, 0.1) is 6.92 Å². The maximum Gasteiger partial charge on any atom is 0.163 e. The number of hydrogen-bond acceptors (Lipinski definition) is 3. The van der Waals surface area contributed by atoms with E-state index in [-0.39, 0.29) is 0 Å². The molecule has 1 aliphatic rings. The summed E-state index contributed by atoms with van der Waals surface area (Å²) in [4.78, 5) is 0. The van der Waals surface area contributed by atoms with E-state index in [2.05, 4.69) is 36.5 Å². The SMILES string of the molecule is CCOc1cc(CNC2CC2)c(Cl)cc1OCc1ccc(C)cc1. The van der Waals surface area contributed by atoms with Crippen LogP contribution >= 0.6 is 11.6 Å². The summed E-state index contributed by atoms with van der Waals surface area (Å²) in [6.45, 7) is 5.91. The Hall–Kier alpha value is -1.71. The van der Waals surface area contributed by atoms with Gasteiger partial charge in [0.2, 0.25) is 0 Å². The molecule has 0 bridgehead atoms. The molecule has 0 aromatic heterocycles. The zero-order chi connectivity index (χ0) is 16.9. The Morgan fingerprint density at radius 3 is 2.46 bits per heavy atom. The molecule has 0 spiro atoms. The minimum absolute atomic E-state index is 0.496. The Labute approximate surface area is 148 Å². The number of ether oxygens (including phenoxy) is 2. The second-order valence-electron chi connectivity index (χ2n) is 6.25. The predicted octanol–water partition coefficient (Wildman–Crippen LogP) is 4.88. The Morgan fingerprint density at radius 1 is 1.08 bits per heavy atom. The lowest BCUT2D eigenvalue weighted by atomic mass is 10.1. The van der Waals surface area contributed by atoms with E-state index in [0.717, 1.165) is 23.4 Å². The van der Waals surface area contributed by atoms with E-state index in [9.17, 15) is 0 Å². The van der Waals surface area contributed by atoms with Gasteiger partial charge in [0.1, 0.15) is 6.61 Å². The lowest BCUT2D eigenvalue weighted by molar-refractivity contribution is 0.269. The molecule has 1 fully saturated rings. The first-order valence-electron chi connectivity index (χ1n) is 8.52. The van der Waals surface area contributed by atoms with Gasteiger partial charge in [-0.2, -0.15) is 0 Å². The fourth-order valence-corrected chi connectivity index (χ4v) is 2.70. The van der Waals surface area contributed by atoms with Crippen LogP contribution in [0.5, 0.6) is 11.5 Å². The number of halogens is 1. The Bertz CT molecular complexity index is 681. The largest absolute Gasteiger partial charge is 0.490 e. The topological polar surface area (TPSA) is 30.5 Å². The molecule has 1 aliphatic carbocycles. The maximum absolute atomic E-state index is 6.43. The molecule has 4 heteroatoms. The lowest BCUT2D eigenvalue weighted by Gasteiger charge is -2.15. The second kappa shape index (κ2) is 7.91. The Balaban J connectivity index is 1.72. The summed E-state index contributed by atoms with van der Waals surface area (Å²) in [5.41, 5.74) is 3.41. The van der Waals surface area contributed by atoms with E-state index in [1.54, 1.807) is 0 Å². The number of hydrogen-bond donors (Lipinski definition) is 1. The van der Waals surface area contributed by atoms with Crippen molar-refractivity contribution in [2.24, 2.45) is 0 Å². The van der Waals surface area contributed by atoms with Crippen LogP contribution in [0.15, 0.2) is 36.4 Å². The molecule has 0 heterocycles. The maximum atomic E-state index is 6.43. The molecule has 2 aromatic rings. The average molecular weight is 346 g/mol. The third-order valence-electron chi connectivity index (χ3n) is 4.09. The van der Waals surface area contributed by atoms with E-state index in [4.69, 9.17) is 21.1 Å². The molecule has 0 amide bonds. The van der Waals surface area contributed by atoms with Crippen LogP contribution < -0.4 is 14.8 Å². The van der Waals surface area contributed by atoms with Gasteiger partial charge < -0.3 is 14.8 Å². The highest BCUT2D eigenvalue weighted by Gasteiger charge is 2.21. The minimum atomic E-state index is 0.496. The van der Waals surface area contributed by atoms with Crippen molar-refractivity contribution in [3.63, 3.8) is 0 Å². The summed E-state index contributed by atoms with van der Waals surface area (Å²) in [7, 11) is 0. The van der Waals surface area contributed by atoms with Crippen LogP contribution in [0.3, 0.4) is 0 Å². The quantitative estimate of drug-likeness (QED) is 0.739. The van der Waals surface area contributed by atoms with E-state index < -0.39 is 0 Å². The van der Waals surface area contributed by atoms with E-state index in [0.29, 0.717) is 30.0 Å².